The van der Waals surface area contributed by atoms with Gasteiger partial charge in [-0.2, -0.15) is 5.10 Å². The predicted molar refractivity (Wildman–Crippen MR) is 85.1 cm³/mol. The number of aromatic nitrogens is 2. The highest BCUT2D eigenvalue weighted by Gasteiger charge is 2.12. The van der Waals surface area contributed by atoms with E-state index in [0.717, 1.165) is 50.5 Å². The molecule has 2 heterocycles. The third-order valence-corrected chi connectivity index (χ3v) is 3.97. The summed E-state index contributed by atoms with van der Waals surface area (Å²) in [7, 11) is 1.87. The number of hydrogen-bond acceptors (Lipinski definition) is 5. The van der Waals surface area contributed by atoms with Crippen LogP contribution in [0.25, 0.3) is 0 Å². The number of ether oxygens (including phenoxy) is 1. The Hall–Kier alpha value is -1.60. The minimum Gasteiger partial charge on any atom is -0.480 e. The molecule has 7 heteroatoms. The Kier molecular flexibility index (Phi) is 6.21. The number of aryl methyl sites for hydroxylation is 2. The van der Waals surface area contributed by atoms with E-state index in [1.165, 1.54) is 0 Å². The number of piperazine rings is 1. The quantitative estimate of drug-likeness (QED) is 0.684. The first kappa shape index (κ1) is 16.8. The highest BCUT2D eigenvalue weighted by molar-refractivity contribution is 5.77. The normalized spacial score (nSPS) is 15.8. The van der Waals surface area contributed by atoms with Gasteiger partial charge in [0.2, 0.25) is 0 Å². The molecule has 0 spiro atoms. The van der Waals surface area contributed by atoms with Crippen molar-refractivity contribution < 1.29 is 9.53 Å². The Morgan fingerprint density at radius 3 is 2.73 bits per heavy atom. The molecule has 2 N–H and O–H groups in total. The van der Waals surface area contributed by atoms with Crippen LogP contribution < -0.4 is 15.4 Å². The van der Waals surface area contributed by atoms with E-state index < -0.39 is 0 Å². The molecule has 0 aromatic carbocycles. The van der Waals surface area contributed by atoms with Gasteiger partial charge in [-0.1, -0.05) is 0 Å². The molecule has 0 bridgehead atoms. The second-order valence-corrected chi connectivity index (χ2v) is 5.71. The van der Waals surface area contributed by atoms with Crippen molar-refractivity contribution in [2.24, 2.45) is 7.05 Å². The van der Waals surface area contributed by atoms with E-state index >= 15 is 0 Å². The van der Waals surface area contributed by atoms with Gasteiger partial charge in [-0.3, -0.25) is 9.48 Å². The molecule has 124 valence electrons. The molecular weight excluding hydrogens is 282 g/mol. The molecule has 7 nitrogen and oxygen atoms in total. The van der Waals surface area contributed by atoms with E-state index in [0.29, 0.717) is 12.3 Å². The van der Waals surface area contributed by atoms with Gasteiger partial charge in [0.25, 0.3) is 5.91 Å². The summed E-state index contributed by atoms with van der Waals surface area (Å²) in [5, 5.41) is 10.5. The van der Waals surface area contributed by atoms with E-state index in [4.69, 9.17) is 4.74 Å². The monoisotopic (exact) mass is 309 g/mol. The van der Waals surface area contributed by atoms with Crippen molar-refractivity contribution in [1.29, 1.82) is 0 Å². The molecule has 0 radical (unpaired) electrons. The predicted octanol–water partition coefficient (Wildman–Crippen LogP) is -0.173. The maximum Gasteiger partial charge on any atom is 0.257 e. The molecule has 0 saturated carbocycles. The zero-order valence-corrected chi connectivity index (χ0v) is 13.8. The Morgan fingerprint density at radius 1 is 1.36 bits per heavy atom. The fourth-order valence-electron chi connectivity index (χ4n) is 2.62. The van der Waals surface area contributed by atoms with Crippen molar-refractivity contribution in [2.75, 3.05) is 45.9 Å². The minimum absolute atomic E-state index is 0.0427. The van der Waals surface area contributed by atoms with Gasteiger partial charge >= 0.3 is 0 Å². The largest absolute Gasteiger partial charge is 0.480 e. The average Bonchev–Trinajstić information content (AvgIpc) is 2.76. The van der Waals surface area contributed by atoms with Crippen LogP contribution >= 0.6 is 0 Å². The second-order valence-electron chi connectivity index (χ2n) is 5.71. The summed E-state index contributed by atoms with van der Waals surface area (Å²) in [6, 6.07) is 0. The Morgan fingerprint density at radius 2 is 2.09 bits per heavy atom. The standard InChI is InChI=1S/C15H27N5O2/c1-12-15(13(2)19(3)18-12)22-11-14(21)17-5-4-8-20-9-6-16-7-10-20/h16H,4-11H2,1-3H3,(H,17,21). The van der Waals surface area contributed by atoms with Gasteiger partial charge in [-0.05, 0) is 26.8 Å². The fourth-order valence-corrected chi connectivity index (χ4v) is 2.62. The number of amides is 1. The van der Waals surface area contributed by atoms with Crippen LogP contribution in [0.1, 0.15) is 17.8 Å². The smallest absolute Gasteiger partial charge is 0.257 e. The molecule has 1 aliphatic rings. The summed E-state index contributed by atoms with van der Waals surface area (Å²) in [5.74, 6) is 0.626. The molecule has 1 fully saturated rings. The summed E-state index contributed by atoms with van der Waals surface area (Å²) in [6.45, 7) is 9.89. The Bertz CT molecular complexity index is 494. The number of rotatable bonds is 7. The van der Waals surface area contributed by atoms with Crippen molar-refractivity contribution in [3.8, 4) is 5.75 Å². The summed E-state index contributed by atoms with van der Waals surface area (Å²) in [5.41, 5.74) is 1.75. The van der Waals surface area contributed by atoms with Gasteiger partial charge in [0.05, 0.1) is 5.69 Å². The van der Waals surface area contributed by atoms with Crippen molar-refractivity contribution >= 4 is 5.91 Å². The number of carbonyl (C=O) groups is 1. The molecule has 1 aromatic rings. The lowest BCUT2D eigenvalue weighted by atomic mass is 10.3. The highest BCUT2D eigenvalue weighted by Crippen LogP contribution is 2.20. The van der Waals surface area contributed by atoms with E-state index in [1.807, 2.05) is 20.9 Å². The van der Waals surface area contributed by atoms with Gasteiger partial charge in [0.1, 0.15) is 5.69 Å². The van der Waals surface area contributed by atoms with Gasteiger partial charge in [0, 0.05) is 39.8 Å². The number of nitrogens with zero attached hydrogens (tertiary/aromatic N) is 3. The number of carbonyl (C=O) groups excluding carboxylic acids is 1. The summed E-state index contributed by atoms with van der Waals surface area (Å²) < 4.78 is 7.34. The third-order valence-electron chi connectivity index (χ3n) is 3.97. The maximum atomic E-state index is 11.8. The first-order chi connectivity index (χ1) is 10.6. The van der Waals surface area contributed by atoms with E-state index in [9.17, 15) is 4.79 Å². The lowest BCUT2D eigenvalue weighted by Crippen LogP contribution is -2.44. The lowest BCUT2D eigenvalue weighted by molar-refractivity contribution is -0.123. The van der Waals surface area contributed by atoms with Crippen LogP contribution in [-0.2, 0) is 11.8 Å². The highest BCUT2D eigenvalue weighted by atomic mass is 16.5. The number of hydrogen-bond donors (Lipinski definition) is 2. The van der Waals surface area contributed by atoms with Crippen LogP contribution in [-0.4, -0.2) is 66.5 Å². The van der Waals surface area contributed by atoms with Crippen molar-refractivity contribution in [1.82, 2.24) is 25.3 Å². The minimum atomic E-state index is -0.0806. The van der Waals surface area contributed by atoms with Crippen molar-refractivity contribution in [3.63, 3.8) is 0 Å². The van der Waals surface area contributed by atoms with Crippen LogP contribution in [0.2, 0.25) is 0 Å². The van der Waals surface area contributed by atoms with Gasteiger partial charge in [-0.15, -0.1) is 0 Å². The zero-order chi connectivity index (χ0) is 15.9. The van der Waals surface area contributed by atoms with E-state index in [1.54, 1.807) is 4.68 Å². The fraction of sp³-hybridized carbons (Fsp3) is 0.733. The first-order valence-electron chi connectivity index (χ1n) is 7.90. The Balaban J connectivity index is 1.61. The molecular formula is C15H27N5O2. The van der Waals surface area contributed by atoms with Crippen LogP contribution in [0, 0.1) is 13.8 Å². The molecule has 0 atom stereocenters. The van der Waals surface area contributed by atoms with Crippen LogP contribution in [0.3, 0.4) is 0 Å². The van der Waals surface area contributed by atoms with E-state index in [2.05, 4.69) is 20.6 Å². The second kappa shape index (κ2) is 8.14. The van der Waals surface area contributed by atoms with Crippen molar-refractivity contribution in [2.45, 2.75) is 20.3 Å². The molecule has 22 heavy (non-hydrogen) atoms. The van der Waals surface area contributed by atoms with Crippen LogP contribution in [0.15, 0.2) is 0 Å². The molecule has 1 aliphatic heterocycles. The summed E-state index contributed by atoms with van der Waals surface area (Å²) in [4.78, 5) is 14.2. The van der Waals surface area contributed by atoms with Gasteiger partial charge in [0.15, 0.2) is 12.4 Å². The maximum absolute atomic E-state index is 11.8. The zero-order valence-electron chi connectivity index (χ0n) is 13.8. The summed E-state index contributed by atoms with van der Waals surface area (Å²) in [6.07, 6.45) is 0.969. The Labute approximate surface area is 132 Å². The van der Waals surface area contributed by atoms with E-state index in [-0.39, 0.29) is 12.5 Å². The van der Waals surface area contributed by atoms with Gasteiger partial charge < -0.3 is 20.3 Å². The average molecular weight is 309 g/mol. The SMILES string of the molecule is Cc1nn(C)c(C)c1OCC(=O)NCCCN1CCNCC1. The molecule has 0 unspecified atom stereocenters. The summed E-state index contributed by atoms with van der Waals surface area (Å²) >= 11 is 0. The molecule has 0 aliphatic carbocycles. The lowest BCUT2D eigenvalue weighted by Gasteiger charge is -2.27. The van der Waals surface area contributed by atoms with Crippen LogP contribution in [0.4, 0.5) is 0 Å². The first-order valence-corrected chi connectivity index (χ1v) is 7.90. The third kappa shape index (κ3) is 4.71. The molecule has 1 saturated heterocycles. The number of nitrogens with one attached hydrogen (secondary N) is 2. The van der Waals surface area contributed by atoms with Crippen molar-refractivity contribution in [3.05, 3.63) is 11.4 Å². The molecule has 1 aromatic heterocycles. The van der Waals surface area contributed by atoms with Gasteiger partial charge in [-0.25, -0.2) is 0 Å². The molecule has 2 rings (SSSR count). The van der Waals surface area contributed by atoms with Crippen LogP contribution in [0.5, 0.6) is 5.75 Å². The molecule has 1 amide bonds. The topological polar surface area (TPSA) is 71.4 Å².